The van der Waals surface area contributed by atoms with Gasteiger partial charge in [0.15, 0.2) is 5.76 Å². The van der Waals surface area contributed by atoms with Gasteiger partial charge in [-0.05, 0) is 12.1 Å². The minimum absolute atomic E-state index is 0.511. The predicted octanol–water partition coefficient (Wildman–Crippen LogP) is 5.25. The van der Waals surface area contributed by atoms with Crippen LogP contribution < -0.4 is 4.74 Å². The molecule has 1 aromatic carbocycles. The third-order valence-electron chi connectivity index (χ3n) is 3.04. The molecule has 0 amide bonds. The Labute approximate surface area is 143 Å². The summed E-state index contributed by atoms with van der Waals surface area (Å²) in [5.41, 5.74) is 0. The van der Waals surface area contributed by atoms with Gasteiger partial charge in [0.2, 0.25) is 0 Å². The number of hydrogen-bond donors (Lipinski definition) is 0. The summed E-state index contributed by atoms with van der Waals surface area (Å²) in [6.07, 6.45) is -8.42. The fraction of sp³-hybridized carbons (Fsp3) is 0.357. The number of allylic oxidation sites excluding steroid dienone is 2. The van der Waals surface area contributed by atoms with Gasteiger partial charge in [-0.1, -0.05) is 18.2 Å². The molecule has 0 N–H and O–H groups in total. The Kier molecular flexibility index (Phi) is 5.89. The molecule has 0 aliphatic heterocycles. The molecule has 0 aromatic heterocycles. The van der Waals surface area contributed by atoms with Crippen LogP contribution in [0.5, 0.6) is 5.75 Å². The van der Waals surface area contributed by atoms with Crippen molar-refractivity contribution in [1.82, 2.24) is 0 Å². The van der Waals surface area contributed by atoms with Crippen LogP contribution in [0, 0.1) is 0 Å². The highest BCUT2D eigenvalue weighted by atomic mass is 19.4. The van der Waals surface area contributed by atoms with Gasteiger partial charge in [-0.2, -0.15) is 48.3 Å². The molecule has 1 aromatic rings. The van der Waals surface area contributed by atoms with Gasteiger partial charge in [0.05, 0.1) is 0 Å². The van der Waals surface area contributed by atoms with Gasteiger partial charge in [-0.25, -0.2) is 0 Å². The van der Waals surface area contributed by atoms with E-state index < -0.39 is 53.7 Å². The fourth-order valence-corrected chi connectivity index (χ4v) is 1.61. The number of carbonyl (C=O) groups excluding carboxylic acids is 1. The van der Waals surface area contributed by atoms with Crippen LogP contribution in [0.25, 0.3) is 0 Å². The molecule has 0 spiro atoms. The van der Waals surface area contributed by atoms with E-state index in [0.717, 1.165) is 24.3 Å². The van der Waals surface area contributed by atoms with E-state index in [1.54, 1.807) is 0 Å². The molecule has 0 aliphatic carbocycles. The molecule has 0 unspecified atom stereocenters. The van der Waals surface area contributed by atoms with Gasteiger partial charge in [-0.15, -0.1) is 0 Å². The van der Waals surface area contributed by atoms with Crippen molar-refractivity contribution in [3.05, 3.63) is 42.2 Å². The molecule has 2 nitrogen and oxygen atoms in total. The number of hydrogen-bond acceptors (Lipinski definition) is 2. The van der Waals surface area contributed by atoms with Gasteiger partial charge in [0.1, 0.15) is 12.0 Å². The van der Waals surface area contributed by atoms with E-state index in [-0.39, 0.29) is 0 Å². The number of alkyl halides is 11. The number of para-hydroxylation sites is 1. The standard InChI is InChI=1S/C14H7F11O2/c15-10(16,9(6-7-26)27-8-4-2-1-3-5-8)11(17,18)12(19,20)13(21,22)14(23,24)25/h1-7H/b9-6-. The quantitative estimate of drug-likeness (QED) is 0.263. The van der Waals surface area contributed by atoms with Gasteiger partial charge >= 0.3 is 29.9 Å². The highest BCUT2D eigenvalue weighted by Gasteiger charge is 2.88. The van der Waals surface area contributed by atoms with Gasteiger partial charge in [0, 0.05) is 6.08 Å². The third-order valence-corrected chi connectivity index (χ3v) is 3.04. The number of ether oxygens (including phenoxy) is 1. The van der Waals surface area contributed by atoms with Crippen molar-refractivity contribution in [3.8, 4) is 5.75 Å². The molecule has 0 atom stereocenters. The minimum atomic E-state index is -7.59. The number of benzene rings is 1. The Hall–Kier alpha value is -2.34. The zero-order valence-electron chi connectivity index (χ0n) is 12.5. The van der Waals surface area contributed by atoms with Gasteiger partial charge in [-0.3, -0.25) is 4.79 Å². The van der Waals surface area contributed by atoms with E-state index in [1.165, 1.54) is 6.07 Å². The molecule has 0 saturated heterocycles. The third kappa shape index (κ3) is 3.72. The molecule has 13 heteroatoms. The molecule has 1 rings (SSSR count). The van der Waals surface area contributed by atoms with Crippen molar-refractivity contribution in [2.24, 2.45) is 0 Å². The number of rotatable bonds is 7. The summed E-state index contributed by atoms with van der Waals surface area (Å²) in [6.45, 7) is 0. The van der Waals surface area contributed by atoms with Gasteiger partial charge < -0.3 is 4.74 Å². The zero-order chi connectivity index (χ0) is 21.3. The molecule has 152 valence electrons. The summed E-state index contributed by atoms with van der Waals surface area (Å²) in [5, 5.41) is 0. The van der Waals surface area contributed by atoms with E-state index in [1.807, 2.05) is 0 Å². The van der Waals surface area contributed by atoms with Crippen molar-refractivity contribution >= 4 is 6.29 Å². The summed E-state index contributed by atoms with van der Waals surface area (Å²) in [6, 6.07) is 5.12. The summed E-state index contributed by atoms with van der Waals surface area (Å²) in [5.74, 6) is -32.1. The number of carbonyl (C=O) groups is 1. The van der Waals surface area contributed by atoms with E-state index in [4.69, 9.17) is 0 Å². The Bertz CT molecular complexity index is 693. The Morgan fingerprint density at radius 2 is 1.22 bits per heavy atom. The Morgan fingerprint density at radius 3 is 1.63 bits per heavy atom. The van der Waals surface area contributed by atoms with Crippen LogP contribution in [-0.2, 0) is 4.79 Å². The van der Waals surface area contributed by atoms with E-state index in [9.17, 15) is 53.1 Å². The first-order valence-corrected chi connectivity index (χ1v) is 6.51. The molecular weight excluding hydrogens is 409 g/mol. The van der Waals surface area contributed by atoms with Crippen molar-refractivity contribution in [3.63, 3.8) is 0 Å². The van der Waals surface area contributed by atoms with Crippen LogP contribution in [0.2, 0.25) is 0 Å². The van der Waals surface area contributed by atoms with E-state index >= 15 is 0 Å². The first-order chi connectivity index (χ1) is 12.0. The highest BCUT2D eigenvalue weighted by molar-refractivity contribution is 5.66. The van der Waals surface area contributed by atoms with Crippen LogP contribution in [0.3, 0.4) is 0 Å². The maximum Gasteiger partial charge on any atom is 0.460 e. The smallest absolute Gasteiger partial charge is 0.455 e. The Morgan fingerprint density at radius 1 is 0.741 bits per heavy atom. The zero-order valence-corrected chi connectivity index (χ0v) is 12.5. The summed E-state index contributed by atoms with van der Waals surface area (Å²) in [4.78, 5) is 10.3. The predicted molar refractivity (Wildman–Crippen MR) is 67.1 cm³/mol. The molecular formula is C14H7F11O2. The summed E-state index contributed by atoms with van der Waals surface area (Å²) in [7, 11) is 0. The van der Waals surface area contributed by atoms with Crippen molar-refractivity contribution in [2.45, 2.75) is 29.9 Å². The normalized spacial score (nSPS) is 14.9. The largest absolute Gasteiger partial charge is 0.460 e. The van der Waals surface area contributed by atoms with Crippen LogP contribution in [0.1, 0.15) is 0 Å². The second-order valence-electron chi connectivity index (χ2n) is 4.88. The molecule has 0 fully saturated rings. The highest BCUT2D eigenvalue weighted by Crippen LogP contribution is 2.58. The van der Waals surface area contributed by atoms with Crippen molar-refractivity contribution in [1.29, 1.82) is 0 Å². The van der Waals surface area contributed by atoms with E-state index in [0.29, 0.717) is 0 Å². The second kappa shape index (κ2) is 7.00. The molecule has 0 bridgehead atoms. The molecule has 0 saturated carbocycles. The first-order valence-electron chi connectivity index (χ1n) is 6.51. The average Bonchev–Trinajstić information content (AvgIpc) is 2.53. The fourth-order valence-electron chi connectivity index (χ4n) is 1.61. The lowest BCUT2D eigenvalue weighted by Crippen LogP contribution is -2.67. The lowest BCUT2D eigenvalue weighted by molar-refractivity contribution is -0.419. The first kappa shape index (κ1) is 22.7. The summed E-state index contributed by atoms with van der Waals surface area (Å²) >= 11 is 0. The molecule has 0 aliphatic rings. The maximum atomic E-state index is 13.9. The van der Waals surface area contributed by atoms with Crippen molar-refractivity contribution < 1.29 is 57.8 Å². The number of aldehydes is 1. The topological polar surface area (TPSA) is 26.3 Å². The molecule has 0 radical (unpaired) electrons. The second-order valence-corrected chi connectivity index (χ2v) is 4.88. The Balaban J connectivity index is 3.47. The molecule has 27 heavy (non-hydrogen) atoms. The van der Waals surface area contributed by atoms with Crippen LogP contribution >= 0.6 is 0 Å². The van der Waals surface area contributed by atoms with E-state index in [2.05, 4.69) is 4.74 Å². The lowest BCUT2D eigenvalue weighted by atomic mass is 9.96. The van der Waals surface area contributed by atoms with Gasteiger partial charge in [0.25, 0.3) is 0 Å². The van der Waals surface area contributed by atoms with Crippen LogP contribution in [0.4, 0.5) is 48.3 Å². The van der Waals surface area contributed by atoms with Crippen LogP contribution in [0.15, 0.2) is 42.2 Å². The minimum Gasteiger partial charge on any atom is -0.455 e. The SMILES string of the molecule is O=C/C=C(\Oc1ccccc1)C(F)(F)C(F)(F)C(F)(F)C(F)(F)C(F)(F)F. The monoisotopic (exact) mass is 416 g/mol. The maximum absolute atomic E-state index is 13.9. The van der Waals surface area contributed by atoms with Crippen molar-refractivity contribution in [2.75, 3.05) is 0 Å². The molecule has 0 heterocycles. The average molecular weight is 416 g/mol. The van der Waals surface area contributed by atoms with Crippen LogP contribution in [-0.4, -0.2) is 36.2 Å². The number of halogens is 11. The summed E-state index contributed by atoms with van der Waals surface area (Å²) < 4.78 is 147. The lowest BCUT2D eigenvalue weighted by Gasteiger charge is -2.37.